The highest BCUT2D eigenvalue weighted by Crippen LogP contribution is 2.26. The van der Waals surface area contributed by atoms with Gasteiger partial charge in [-0.05, 0) is 7.05 Å². The molecule has 1 saturated heterocycles. The van der Waals surface area contributed by atoms with Crippen LogP contribution < -0.4 is 0 Å². The molecule has 2 atom stereocenters. The first-order chi connectivity index (χ1) is 8.70. The molecule has 6 nitrogen and oxygen atoms in total. The third kappa shape index (κ3) is 3.22. The molecule has 2 unspecified atom stereocenters. The van der Waals surface area contributed by atoms with Crippen molar-refractivity contribution in [3.8, 4) is 6.07 Å². The Bertz CT molecular complexity index is 431. The zero-order valence-corrected chi connectivity index (χ0v) is 11.1. The summed E-state index contributed by atoms with van der Waals surface area (Å²) < 4.78 is 5.12. The molecule has 18 heavy (non-hydrogen) atoms. The Morgan fingerprint density at radius 2 is 2.56 bits per heavy atom. The van der Waals surface area contributed by atoms with E-state index in [4.69, 9.17) is 9.78 Å². The lowest BCUT2D eigenvalue weighted by molar-refractivity contribution is 0.166. The van der Waals surface area contributed by atoms with Gasteiger partial charge in [-0.1, -0.05) is 5.16 Å². The molecule has 1 aromatic heterocycles. The highest BCUT2D eigenvalue weighted by molar-refractivity contribution is 7.99. The first kappa shape index (κ1) is 13.3. The number of aliphatic hydroxyl groups is 1. The predicted octanol–water partition coefficient (Wildman–Crippen LogP) is 0.606. The van der Waals surface area contributed by atoms with Gasteiger partial charge in [-0.15, -0.1) is 0 Å². The van der Waals surface area contributed by atoms with Crippen molar-refractivity contribution >= 4 is 11.8 Å². The molecule has 1 aliphatic heterocycles. The Balaban J connectivity index is 1.99. The van der Waals surface area contributed by atoms with Crippen molar-refractivity contribution in [3.63, 3.8) is 0 Å². The van der Waals surface area contributed by atoms with Crippen molar-refractivity contribution in [2.45, 2.75) is 25.0 Å². The molecule has 0 spiro atoms. The lowest BCUT2D eigenvalue weighted by Gasteiger charge is -2.29. The molecule has 1 aliphatic rings. The molecule has 2 heterocycles. The monoisotopic (exact) mass is 268 g/mol. The predicted molar refractivity (Wildman–Crippen MR) is 66.9 cm³/mol. The van der Waals surface area contributed by atoms with Crippen LogP contribution in [0.4, 0.5) is 0 Å². The first-order valence-electron chi connectivity index (χ1n) is 5.86. The summed E-state index contributed by atoms with van der Waals surface area (Å²) >= 11 is 1.88. The fraction of sp³-hybridized carbons (Fsp3) is 0.727. The third-order valence-electron chi connectivity index (χ3n) is 2.92. The van der Waals surface area contributed by atoms with E-state index in [-0.39, 0.29) is 18.9 Å². The molecule has 0 aromatic carbocycles. The van der Waals surface area contributed by atoms with E-state index < -0.39 is 6.10 Å². The van der Waals surface area contributed by atoms with Gasteiger partial charge in [-0.25, -0.2) is 0 Å². The molecule has 2 rings (SSSR count). The second kappa shape index (κ2) is 6.18. The van der Waals surface area contributed by atoms with Gasteiger partial charge in [0.15, 0.2) is 5.82 Å². The normalized spacial score (nSPS) is 22.6. The number of hydrogen-bond donors (Lipinski definition) is 1. The average Bonchev–Trinajstić information content (AvgIpc) is 2.78. The Hall–Kier alpha value is -1.10. The summed E-state index contributed by atoms with van der Waals surface area (Å²) in [5.41, 5.74) is 0. The van der Waals surface area contributed by atoms with Crippen LogP contribution in [0.3, 0.4) is 0 Å². The van der Waals surface area contributed by atoms with Gasteiger partial charge in [0.2, 0.25) is 5.89 Å². The number of thioether (sulfide) groups is 1. The van der Waals surface area contributed by atoms with Gasteiger partial charge < -0.3 is 9.63 Å². The largest absolute Gasteiger partial charge is 0.392 e. The minimum Gasteiger partial charge on any atom is -0.392 e. The quantitative estimate of drug-likeness (QED) is 0.856. The maximum atomic E-state index is 9.51. The molecule has 1 aromatic rings. The van der Waals surface area contributed by atoms with Gasteiger partial charge in [0.1, 0.15) is 0 Å². The van der Waals surface area contributed by atoms with E-state index in [1.165, 1.54) is 0 Å². The number of nitrogens with zero attached hydrogens (tertiary/aromatic N) is 4. The van der Waals surface area contributed by atoms with Crippen molar-refractivity contribution < 1.29 is 9.63 Å². The van der Waals surface area contributed by atoms with Gasteiger partial charge in [-0.3, -0.25) is 4.90 Å². The van der Waals surface area contributed by atoms with Crippen LogP contribution >= 0.6 is 11.8 Å². The summed E-state index contributed by atoms with van der Waals surface area (Å²) in [4.78, 5) is 6.51. The van der Waals surface area contributed by atoms with Crippen LogP contribution in [0.15, 0.2) is 4.52 Å². The lowest BCUT2D eigenvalue weighted by atomic mass is 10.2. The standard InChI is InChI=1S/C11H16N4O2S/c1-15-4-5-18-7-9(15)11-13-10(17-14-11)6-8(16)2-3-12/h8-9,16H,2,4-7H2,1H3. The second-order valence-corrected chi connectivity index (χ2v) is 5.49. The van der Waals surface area contributed by atoms with Gasteiger partial charge in [0.05, 0.1) is 31.1 Å². The smallest absolute Gasteiger partial charge is 0.229 e. The van der Waals surface area contributed by atoms with E-state index in [1.54, 1.807) is 0 Å². The van der Waals surface area contributed by atoms with Crippen molar-refractivity contribution in [2.75, 3.05) is 25.1 Å². The van der Waals surface area contributed by atoms with Gasteiger partial charge in [0, 0.05) is 18.1 Å². The molecule has 0 bridgehead atoms. The highest BCUT2D eigenvalue weighted by atomic mass is 32.2. The molecular weight excluding hydrogens is 252 g/mol. The van der Waals surface area contributed by atoms with Crippen LogP contribution in [-0.4, -0.2) is 51.3 Å². The number of aromatic nitrogens is 2. The van der Waals surface area contributed by atoms with E-state index >= 15 is 0 Å². The molecule has 0 aliphatic carbocycles. The summed E-state index contributed by atoms with van der Waals surface area (Å²) in [7, 11) is 2.05. The number of hydrogen-bond acceptors (Lipinski definition) is 7. The third-order valence-corrected chi connectivity index (χ3v) is 3.94. The average molecular weight is 268 g/mol. The fourth-order valence-electron chi connectivity index (χ4n) is 1.82. The van der Waals surface area contributed by atoms with Gasteiger partial charge in [-0.2, -0.15) is 22.0 Å². The SMILES string of the molecule is CN1CCSCC1c1noc(CC(O)CC#N)n1. The van der Waals surface area contributed by atoms with Crippen molar-refractivity contribution in [2.24, 2.45) is 0 Å². The molecule has 1 N–H and O–H groups in total. The number of nitriles is 1. The van der Waals surface area contributed by atoms with E-state index in [0.717, 1.165) is 18.1 Å². The molecule has 1 fully saturated rings. The maximum absolute atomic E-state index is 9.51. The molecule has 0 saturated carbocycles. The number of rotatable bonds is 4. The Morgan fingerprint density at radius 3 is 3.28 bits per heavy atom. The number of aliphatic hydroxyl groups excluding tert-OH is 1. The highest BCUT2D eigenvalue weighted by Gasteiger charge is 2.26. The summed E-state index contributed by atoms with van der Waals surface area (Å²) in [5.74, 6) is 3.15. The van der Waals surface area contributed by atoms with Gasteiger partial charge >= 0.3 is 0 Å². The Morgan fingerprint density at radius 1 is 1.72 bits per heavy atom. The molecule has 0 amide bonds. The van der Waals surface area contributed by atoms with Crippen LogP contribution in [0.1, 0.15) is 24.2 Å². The summed E-state index contributed by atoms with van der Waals surface area (Å²) in [6.45, 7) is 1.01. The van der Waals surface area contributed by atoms with Crippen molar-refractivity contribution in [1.29, 1.82) is 5.26 Å². The topological polar surface area (TPSA) is 86.2 Å². The van der Waals surface area contributed by atoms with Crippen LogP contribution in [-0.2, 0) is 6.42 Å². The molecular formula is C11H16N4O2S. The van der Waals surface area contributed by atoms with E-state index in [0.29, 0.717) is 11.7 Å². The Labute approximate surface area is 110 Å². The van der Waals surface area contributed by atoms with Crippen LogP contribution in [0, 0.1) is 11.3 Å². The minimum atomic E-state index is -0.734. The van der Waals surface area contributed by atoms with E-state index in [2.05, 4.69) is 15.0 Å². The van der Waals surface area contributed by atoms with Crippen LogP contribution in [0.5, 0.6) is 0 Å². The Kier molecular flexibility index (Phi) is 4.58. The summed E-state index contributed by atoms with van der Waals surface area (Å²) in [6.07, 6.45) is -0.414. The van der Waals surface area contributed by atoms with Crippen molar-refractivity contribution in [1.82, 2.24) is 15.0 Å². The maximum Gasteiger partial charge on any atom is 0.229 e. The summed E-state index contributed by atoms with van der Waals surface area (Å²) in [6, 6.07) is 2.09. The minimum absolute atomic E-state index is 0.0803. The summed E-state index contributed by atoms with van der Waals surface area (Å²) in [5, 5.41) is 22.0. The molecule has 0 radical (unpaired) electrons. The van der Waals surface area contributed by atoms with Crippen LogP contribution in [0.2, 0.25) is 0 Å². The van der Waals surface area contributed by atoms with Crippen molar-refractivity contribution in [3.05, 3.63) is 11.7 Å². The molecule has 98 valence electrons. The zero-order chi connectivity index (χ0) is 13.0. The van der Waals surface area contributed by atoms with E-state index in [9.17, 15) is 5.11 Å². The van der Waals surface area contributed by atoms with Gasteiger partial charge in [0.25, 0.3) is 0 Å². The zero-order valence-electron chi connectivity index (χ0n) is 10.2. The second-order valence-electron chi connectivity index (χ2n) is 4.34. The fourth-order valence-corrected chi connectivity index (χ4v) is 3.03. The first-order valence-corrected chi connectivity index (χ1v) is 7.01. The van der Waals surface area contributed by atoms with E-state index in [1.807, 2.05) is 24.9 Å². The lowest BCUT2D eigenvalue weighted by Crippen LogP contribution is -2.33. The van der Waals surface area contributed by atoms with Crippen LogP contribution in [0.25, 0.3) is 0 Å². The molecule has 7 heteroatoms.